The summed E-state index contributed by atoms with van der Waals surface area (Å²) in [5, 5.41) is 39.8. The number of aromatic amines is 1. The van der Waals surface area contributed by atoms with Crippen LogP contribution < -0.4 is 9.63 Å². The number of pyridine rings is 1. The number of hydrogen-bond donors (Lipinski definition) is 3. The molecule has 10 heteroatoms. The molecule has 1 aliphatic rings. The van der Waals surface area contributed by atoms with Gasteiger partial charge in [-0.05, 0) is 24.5 Å². The van der Waals surface area contributed by atoms with Gasteiger partial charge in [-0.3, -0.25) is 15.1 Å². The van der Waals surface area contributed by atoms with E-state index in [1.54, 1.807) is 6.07 Å². The molecule has 0 aromatic carbocycles. The molecule has 2 atom stereocenters. The Morgan fingerprint density at radius 2 is 2.14 bits per heavy atom. The molecule has 1 unspecified atom stereocenters. The molecule has 3 rings (SSSR count). The first kappa shape index (κ1) is 20.7. The molecule has 3 N–H and O–H groups in total. The van der Waals surface area contributed by atoms with Crippen LogP contribution in [0, 0.1) is 17.0 Å². The van der Waals surface area contributed by atoms with Crippen molar-refractivity contribution in [2.45, 2.75) is 38.3 Å². The second-order valence-corrected chi connectivity index (χ2v) is 7.29. The molecule has 1 saturated carbocycles. The number of aliphatic hydroxyl groups is 1. The topological polar surface area (TPSA) is 137 Å². The molecule has 0 radical (unpaired) electrons. The van der Waals surface area contributed by atoms with Crippen molar-refractivity contribution >= 4 is 18.1 Å². The number of hydroxylamine groups is 2. The number of carbonyl (C=O) groups excluding carboxylic acids is 2. The predicted octanol–water partition coefficient (Wildman–Crippen LogP) is 1.11. The fourth-order valence-electron chi connectivity index (χ4n) is 3.88. The van der Waals surface area contributed by atoms with Gasteiger partial charge in [0.05, 0.1) is 18.7 Å². The molecular formula is C19H25N5O5. The number of aromatic nitrogens is 3. The average Bonchev–Trinajstić information content (AvgIpc) is 3.43. The van der Waals surface area contributed by atoms with E-state index in [1.807, 2.05) is 0 Å². The molecule has 0 saturated heterocycles. The van der Waals surface area contributed by atoms with E-state index >= 15 is 0 Å². The highest BCUT2D eigenvalue weighted by molar-refractivity contribution is 5.94. The lowest BCUT2D eigenvalue weighted by Gasteiger charge is -2.28. The van der Waals surface area contributed by atoms with Crippen molar-refractivity contribution in [3.8, 4) is 0 Å². The highest BCUT2D eigenvalue weighted by Crippen LogP contribution is 2.33. The molecule has 2 heterocycles. The van der Waals surface area contributed by atoms with Gasteiger partial charge in [0.25, 0.3) is 5.82 Å². The van der Waals surface area contributed by atoms with Crippen LogP contribution in [-0.4, -0.2) is 44.4 Å². The van der Waals surface area contributed by atoms with E-state index in [0.29, 0.717) is 16.2 Å². The van der Waals surface area contributed by atoms with Crippen molar-refractivity contribution in [2.75, 3.05) is 11.4 Å². The van der Waals surface area contributed by atoms with E-state index in [9.17, 15) is 25.1 Å². The third kappa shape index (κ3) is 4.90. The summed E-state index contributed by atoms with van der Waals surface area (Å²) in [4.78, 5) is 25.4. The maximum atomic E-state index is 13.5. The Morgan fingerprint density at radius 3 is 2.76 bits per heavy atom. The summed E-state index contributed by atoms with van der Waals surface area (Å²) >= 11 is 0. The Kier molecular flexibility index (Phi) is 6.78. The summed E-state index contributed by atoms with van der Waals surface area (Å²) in [5.74, 6) is -1.13. The fourth-order valence-corrected chi connectivity index (χ4v) is 3.88. The molecule has 1 aliphatic carbocycles. The average molecular weight is 403 g/mol. The lowest BCUT2D eigenvalue weighted by atomic mass is 9.91. The Bertz CT molecular complexity index is 809. The SMILES string of the molecule is O=CN(O)C[C@@H](CC1CCCC1)C(=O)N(c1cccc[n+]1[O-])C(O)c1ccn[nH]1. The zero-order valence-corrected chi connectivity index (χ0v) is 15.9. The van der Waals surface area contributed by atoms with Crippen LogP contribution >= 0.6 is 0 Å². The highest BCUT2D eigenvalue weighted by atomic mass is 16.5. The molecule has 2 amide bonds. The second kappa shape index (κ2) is 9.48. The van der Waals surface area contributed by atoms with Crippen LogP contribution in [0.3, 0.4) is 0 Å². The lowest BCUT2D eigenvalue weighted by Crippen LogP contribution is -2.48. The minimum absolute atomic E-state index is 0.0633. The smallest absolute Gasteiger partial charge is 0.317 e. The van der Waals surface area contributed by atoms with Crippen LogP contribution in [0.4, 0.5) is 5.82 Å². The largest absolute Gasteiger partial charge is 0.711 e. The molecule has 0 spiro atoms. The van der Waals surface area contributed by atoms with E-state index in [-0.39, 0.29) is 30.4 Å². The summed E-state index contributed by atoms with van der Waals surface area (Å²) in [6.07, 6.45) is 5.92. The van der Waals surface area contributed by atoms with E-state index in [2.05, 4.69) is 10.2 Å². The monoisotopic (exact) mass is 403 g/mol. The van der Waals surface area contributed by atoms with Crippen molar-refractivity contribution < 1.29 is 24.6 Å². The Labute approximate surface area is 167 Å². The highest BCUT2D eigenvalue weighted by Gasteiger charge is 2.40. The molecule has 29 heavy (non-hydrogen) atoms. The minimum Gasteiger partial charge on any atom is -0.711 e. The van der Waals surface area contributed by atoms with Gasteiger partial charge in [-0.1, -0.05) is 31.7 Å². The van der Waals surface area contributed by atoms with Crippen LogP contribution in [0.25, 0.3) is 0 Å². The van der Waals surface area contributed by atoms with E-state index < -0.39 is 18.1 Å². The minimum atomic E-state index is -1.48. The summed E-state index contributed by atoms with van der Waals surface area (Å²) < 4.78 is 0.487. The molecule has 2 aromatic rings. The van der Waals surface area contributed by atoms with Crippen molar-refractivity contribution in [1.82, 2.24) is 15.3 Å². The quantitative estimate of drug-likeness (QED) is 0.143. The number of amides is 2. The van der Waals surface area contributed by atoms with Gasteiger partial charge in [0.2, 0.25) is 12.6 Å². The van der Waals surface area contributed by atoms with Gasteiger partial charge in [-0.25, -0.2) is 14.6 Å². The lowest BCUT2D eigenvalue weighted by molar-refractivity contribution is -0.592. The summed E-state index contributed by atoms with van der Waals surface area (Å²) in [7, 11) is 0. The van der Waals surface area contributed by atoms with E-state index in [4.69, 9.17) is 0 Å². The van der Waals surface area contributed by atoms with Crippen molar-refractivity contribution in [3.63, 3.8) is 0 Å². The molecule has 156 valence electrons. The van der Waals surface area contributed by atoms with Crippen LogP contribution in [-0.2, 0) is 9.59 Å². The predicted molar refractivity (Wildman–Crippen MR) is 101 cm³/mol. The number of aliphatic hydroxyl groups excluding tert-OH is 1. The van der Waals surface area contributed by atoms with Crippen molar-refractivity contribution in [3.05, 3.63) is 47.6 Å². The van der Waals surface area contributed by atoms with Gasteiger partial charge >= 0.3 is 5.91 Å². The van der Waals surface area contributed by atoms with Crippen LogP contribution in [0.1, 0.15) is 44.0 Å². The number of nitrogens with one attached hydrogen (secondary N) is 1. The third-order valence-electron chi connectivity index (χ3n) is 5.30. The number of H-pyrrole nitrogens is 1. The zero-order valence-electron chi connectivity index (χ0n) is 15.9. The van der Waals surface area contributed by atoms with Crippen molar-refractivity contribution in [1.29, 1.82) is 0 Å². The Balaban J connectivity index is 1.95. The summed E-state index contributed by atoms with van der Waals surface area (Å²) in [5.41, 5.74) is 0.234. The number of anilines is 1. The molecule has 1 fully saturated rings. The standard InChI is InChI=1S/C19H25N5O5/c25-13-22(28)12-15(11-14-5-1-2-6-14)18(26)24(17-7-3-4-10-23(17)29)19(27)16-8-9-20-21-16/h3-4,7-10,13-15,19,27-28H,1-2,5-6,11-12H2,(H,20,21)/t15-,19?/m1/s1. The van der Waals surface area contributed by atoms with Gasteiger partial charge in [-0.15, -0.1) is 0 Å². The molecule has 0 bridgehead atoms. The normalized spacial score (nSPS) is 16.3. The number of rotatable bonds is 9. The first-order valence-electron chi connectivity index (χ1n) is 9.60. The maximum absolute atomic E-state index is 13.5. The third-order valence-corrected chi connectivity index (χ3v) is 5.30. The van der Waals surface area contributed by atoms with Gasteiger partial charge < -0.3 is 10.3 Å². The van der Waals surface area contributed by atoms with Gasteiger partial charge in [0.15, 0.2) is 0 Å². The molecule has 2 aromatic heterocycles. The van der Waals surface area contributed by atoms with E-state index in [1.165, 1.54) is 30.6 Å². The van der Waals surface area contributed by atoms with Crippen LogP contribution in [0.15, 0.2) is 36.7 Å². The fraction of sp³-hybridized carbons (Fsp3) is 0.474. The number of hydrogen-bond acceptors (Lipinski definition) is 6. The Morgan fingerprint density at radius 1 is 1.38 bits per heavy atom. The van der Waals surface area contributed by atoms with Crippen LogP contribution in [0.5, 0.6) is 0 Å². The molecule has 0 aliphatic heterocycles. The second-order valence-electron chi connectivity index (χ2n) is 7.29. The van der Waals surface area contributed by atoms with Crippen molar-refractivity contribution in [2.24, 2.45) is 11.8 Å². The first-order chi connectivity index (χ1) is 14.0. The molecule has 10 nitrogen and oxygen atoms in total. The number of nitrogens with zero attached hydrogens (tertiary/aromatic N) is 4. The zero-order chi connectivity index (χ0) is 20.8. The van der Waals surface area contributed by atoms with Gasteiger partial charge in [-0.2, -0.15) is 10.00 Å². The molecular weight excluding hydrogens is 378 g/mol. The number of carbonyl (C=O) groups is 2. The Hall–Kier alpha value is -2.98. The van der Waals surface area contributed by atoms with Crippen LogP contribution in [0.2, 0.25) is 0 Å². The van der Waals surface area contributed by atoms with Gasteiger partial charge in [0.1, 0.15) is 5.69 Å². The summed E-state index contributed by atoms with van der Waals surface area (Å²) in [6.45, 7) is -0.225. The first-order valence-corrected chi connectivity index (χ1v) is 9.60. The summed E-state index contributed by atoms with van der Waals surface area (Å²) in [6, 6.07) is 6.02. The van der Waals surface area contributed by atoms with E-state index in [0.717, 1.165) is 30.6 Å². The maximum Gasteiger partial charge on any atom is 0.317 e. The van der Waals surface area contributed by atoms with Gasteiger partial charge in [0, 0.05) is 12.3 Å².